The molecule has 2 nitrogen and oxygen atoms in total. The van der Waals surface area contributed by atoms with E-state index in [2.05, 4.69) is 22.9 Å². The molecule has 0 amide bonds. The number of hydrogen-bond donors (Lipinski definition) is 1. The van der Waals surface area contributed by atoms with E-state index in [-0.39, 0.29) is 12.0 Å². The predicted octanol–water partition coefficient (Wildman–Crippen LogP) is 4.01. The lowest BCUT2D eigenvalue weighted by atomic mass is 9.92. The van der Waals surface area contributed by atoms with Crippen LogP contribution in [0.4, 0.5) is 0 Å². The summed E-state index contributed by atoms with van der Waals surface area (Å²) < 4.78 is 6.48. The summed E-state index contributed by atoms with van der Waals surface area (Å²) in [5.74, 6) is 0.201. The van der Waals surface area contributed by atoms with Crippen molar-refractivity contribution in [2.24, 2.45) is 5.92 Å². The Bertz CT molecular complexity index is 349. The van der Waals surface area contributed by atoms with E-state index >= 15 is 0 Å². The van der Waals surface area contributed by atoms with Crippen LogP contribution < -0.4 is 0 Å². The Morgan fingerprint density at radius 2 is 2.50 bits per heavy atom. The molecule has 0 bridgehead atoms. The molecule has 2 heterocycles. The topological polar surface area (TPSA) is 29.5 Å². The van der Waals surface area contributed by atoms with Crippen LogP contribution in [0, 0.1) is 5.92 Å². The summed E-state index contributed by atoms with van der Waals surface area (Å²) in [6, 6.07) is 1.84. The third-order valence-corrected chi connectivity index (χ3v) is 5.57. The van der Waals surface area contributed by atoms with Gasteiger partial charge in [0.1, 0.15) is 0 Å². The van der Waals surface area contributed by atoms with E-state index in [0.29, 0.717) is 5.02 Å². The zero-order chi connectivity index (χ0) is 11.7. The van der Waals surface area contributed by atoms with Crippen LogP contribution in [-0.4, -0.2) is 17.8 Å². The van der Waals surface area contributed by atoms with Gasteiger partial charge in [-0.25, -0.2) is 0 Å². The minimum atomic E-state index is -0.457. The largest absolute Gasteiger partial charge is 0.387 e. The first-order valence-electron chi connectivity index (χ1n) is 5.38. The van der Waals surface area contributed by atoms with Crippen molar-refractivity contribution < 1.29 is 9.84 Å². The van der Waals surface area contributed by atoms with E-state index in [1.165, 1.54) is 11.3 Å². The highest BCUT2D eigenvalue weighted by Crippen LogP contribution is 2.41. The number of rotatable bonds is 3. The lowest BCUT2D eigenvalue weighted by molar-refractivity contribution is 0.0322. The molecule has 1 fully saturated rings. The van der Waals surface area contributed by atoms with Crippen molar-refractivity contribution in [2.45, 2.75) is 32.0 Å². The first-order chi connectivity index (χ1) is 7.63. The SMILES string of the molecule is CCC1OCCC1C(O)c1cc(Cl)c(Br)s1. The minimum Gasteiger partial charge on any atom is -0.387 e. The number of thiophene rings is 1. The molecule has 0 radical (unpaired) electrons. The monoisotopic (exact) mass is 324 g/mol. The molecular formula is C11H14BrClO2S. The summed E-state index contributed by atoms with van der Waals surface area (Å²) in [6.07, 6.45) is 1.59. The van der Waals surface area contributed by atoms with E-state index in [4.69, 9.17) is 16.3 Å². The van der Waals surface area contributed by atoms with Crippen LogP contribution in [0.25, 0.3) is 0 Å². The molecular weight excluding hydrogens is 312 g/mol. The highest BCUT2D eigenvalue weighted by atomic mass is 79.9. The minimum absolute atomic E-state index is 0.176. The van der Waals surface area contributed by atoms with Crippen molar-refractivity contribution in [3.8, 4) is 0 Å². The Morgan fingerprint density at radius 1 is 1.75 bits per heavy atom. The normalized spacial score (nSPS) is 27.2. The van der Waals surface area contributed by atoms with Gasteiger partial charge >= 0.3 is 0 Å². The molecule has 1 N–H and O–H groups in total. The van der Waals surface area contributed by atoms with Gasteiger partial charge in [0, 0.05) is 17.4 Å². The molecule has 1 aliphatic rings. The van der Waals surface area contributed by atoms with E-state index in [1.54, 1.807) is 0 Å². The molecule has 0 spiro atoms. The fraction of sp³-hybridized carbons (Fsp3) is 0.636. The maximum atomic E-state index is 10.3. The van der Waals surface area contributed by atoms with Crippen LogP contribution >= 0.6 is 38.9 Å². The fourth-order valence-corrected chi connectivity index (χ4v) is 3.98. The zero-order valence-corrected chi connectivity index (χ0v) is 12.1. The van der Waals surface area contributed by atoms with Gasteiger partial charge in [0.05, 0.1) is 21.0 Å². The Morgan fingerprint density at radius 3 is 3.06 bits per heavy atom. The summed E-state index contributed by atoms with van der Waals surface area (Å²) in [6.45, 7) is 2.84. The molecule has 3 unspecified atom stereocenters. The molecule has 1 aromatic heterocycles. The summed E-state index contributed by atoms with van der Waals surface area (Å²) in [7, 11) is 0. The molecule has 0 aromatic carbocycles. The van der Waals surface area contributed by atoms with Crippen molar-refractivity contribution in [1.29, 1.82) is 0 Å². The first kappa shape index (κ1) is 12.8. The van der Waals surface area contributed by atoms with Gasteiger partial charge in [-0.1, -0.05) is 18.5 Å². The van der Waals surface area contributed by atoms with E-state index in [1.807, 2.05) is 6.07 Å². The lowest BCUT2D eigenvalue weighted by Crippen LogP contribution is -2.21. The van der Waals surface area contributed by atoms with Crippen molar-refractivity contribution in [2.75, 3.05) is 6.61 Å². The second-order valence-corrected chi connectivity index (χ2v) is 6.79. The van der Waals surface area contributed by atoms with Crippen molar-refractivity contribution >= 4 is 38.9 Å². The van der Waals surface area contributed by atoms with Crippen molar-refractivity contribution in [3.05, 3.63) is 19.8 Å². The van der Waals surface area contributed by atoms with Crippen molar-refractivity contribution in [1.82, 2.24) is 0 Å². The van der Waals surface area contributed by atoms with Crippen LogP contribution in [0.15, 0.2) is 9.85 Å². The van der Waals surface area contributed by atoms with Crippen LogP contribution in [0.1, 0.15) is 30.7 Å². The predicted molar refractivity (Wildman–Crippen MR) is 70.1 cm³/mol. The molecule has 16 heavy (non-hydrogen) atoms. The molecule has 1 saturated heterocycles. The molecule has 0 saturated carbocycles. The van der Waals surface area contributed by atoms with Crippen molar-refractivity contribution in [3.63, 3.8) is 0 Å². The average molecular weight is 326 g/mol. The van der Waals surface area contributed by atoms with Gasteiger partial charge in [0.15, 0.2) is 0 Å². The van der Waals surface area contributed by atoms with Gasteiger partial charge in [-0.3, -0.25) is 0 Å². The van der Waals surface area contributed by atoms with Gasteiger partial charge < -0.3 is 9.84 Å². The van der Waals surface area contributed by atoms with Gasteiger partial charge in [-0.2, -0.15) is 0 Å². The third kappa shape index (κ3) is 2.46. The summed E-state index contributed by atoms with van der Waals surface area (Å²) in [5, 5.41) is 11.0. The van der Waals surface area contributed by atoms with E-state index < -0.39 is 6.10 Å². The quantitative estimate of drug-likeness (QED) is 0.910. The highest BCUT2D eigenvalue weighted by Gasteiger charge is 2.34. The molecule has 1 aliphatic heterocycles. The Labute approximate surface area is 113 Å². The number of aliphatic hydroxyl groups excluding tert-OH is 1. The zero-order valence-electron chi connectivity index (χ0n) is 8.95. The van der Waals surface area contributed by atoms with Gasteiger partial charge in [0.25, 0.3) is 0 Å². The second kappa shape index (κ2) is 5.36. The molecule has 5 heteroatoms. The maximum absolute atomic E-state index is 10.3. The molecule has 2 rings (SSSR count). The smallest absolute Gasteiger partial charge is 0.0936 e. The van der Waals surface area contributed by atoms with E-state index in [9.17, 15) is 5.11 Å². The number of aliphatic hydroxyl groups is 1. The lowest BCUT2D eigenvalue weighted by Gasteiger charge is -2.21. The van der Waals surface area contributed by atoms with Gasteiger partial charge in [0.2, 0.25) is 0 Å². The molecule has 1 aromatic rings. The van der Waals surface area contributed by atoms with Crippen LogP contribution in [0.5, 0.6) is 0 Å². The third-order valence-electron chi connectivity index (χ3n) is 3.02. The standard InChI is InChI=1S/C11H14BrClO2S/c1-2-8-6(3-4-15-8)10(14)9-5-7(13)11(12)16-9/h5-6,8,10,14H,2-4H2,1H3. The summed E-state index contributed by atoms with van der Waals surface area (Å²) in [5.41, 5.74) is 0. The van der Waals surface area contributed by atoms with Crippen LogP contribution in [-0.2, 0) is 4.74 Å². The Kier molecular flexibility index (Phi) is 4.30. The molecule has 3 atom stereocenters. The second-order valence-electron chi connectivity index (χ2n) is 3.99. The number of ether oxygens (including phenoxy) is 1. The summed E-state index contributed by atoms with van der Waals surface area (Å²) in [4.78, 5) is 0.922. The van der Waals surface area contributed by atoms with Crippen LogP contribution in [0.3, 0.4) is 0 Å². The van der Waals surface area contributed by atoms with Crippen LogP contribution in [0.2, 0.25) is 5.02 Å². The number of hydrogen-bond acceptors (Lipinski definition) is 3. The van der Waals surface area contributed by atoms with Gasteiger partial charge in [-0.05, 0) is 34.8 Å². The van der Waals surface area contributed by atoms with Gasteiger partial charge in [-0.15, -0.1) is 11.3 Å². The first-order valence-corrected chi connectivity index (χ1v) is 7.36. The number of halogens is 2. The maximum Gasteiger partial charge on any atom is 0.0936 e. The molecule has 0 aliphatic carbocycles. The molecule has 90 valence electrons. The fourth-order valence-electron chi connectivity index (χ4n) is 2.17. The highest BCUT2D eigenvalue weighted by molar-refractivity contribution is 9.11. The van der Waals surface area contributed by atoms with E-state index in [0.717, 1.165) is 28.1 Å². The Hall–Kier alpha value is 0.390. The Balaban J connectivity index is 2.14. The average Bonchev–Trinajstić information content (AvgIpc) is 2.85. The summed E-state index contributed by atoms with van der Waals surface area (Å²) >= 11 is 10.8.